The van der Waals surface area contributed by atoms with Crippen LogP contribution >= 0.6 is 0 Å². The Bertz CT molecular complexity index is 863. The van der Waals surface area contributed by atoms with E-state index in [1.165, 1.54) is 39.1 Å². The fourth-order valence-corrected chi connectivity index (χ4v) is 3.51. The van der Waals surface area contributed by atoms with E-state index in [2.05, 4.69) is 15.1 Å². The van der Waals surface area contributed by atoms with Crippen LogP contribution in [0.5, 0.6) is 0 Å². The molecule has 11 heteroatoms. The third-order valence-electron chi connectivity index (χ3n) is 3.79. The molecule has 7 nitrogen and oxygen atoms in total. The lowest BCUT2D eigenvalue weighted by molar-refractivity contribution is -0.144. The van der Waals surface area contributed by atoms with Gasteiger partial charge in [0, 0.05) is 7.05 Å². The van der Waals surface area contributed by atoms with Crippen molar-refractivity contribution in [1.82, 2.24) is 9.97 Å². The number of rotatable bonds is 5. The number of aromatic amines is 1. The van der Waals surface area contributed by atoms with Gasteiger partial charge in [-0.3, -0.25) is 4.31 Å². The second kappa shape index (κ2) is 6.04. The Balaban J connectivity index is 2.43. The third kappa shape index (κ3) is 3.21. The van der Waals surface area contributed by atoms with Crippen LogP contribution in [0.3, 0.4) is 0 Å². The van der Waals surface area contributed by atoms with E-state index in [0.717, 1.165) is 4.31 Å². The van der Waals surface area contributed by atoms with Crippen LogP contribution in [-0.4, -0.2) is 36.7 Å². The lowest BCUT2D eigenvalue weighted by atomic mass is 10.3. The second-order valence-corrected chi connectivity index (χ2v) is 7.67. The first-order chi connectivity index (χ1) is 11.0. The van der Waals surface area contributed by atoms with Crippen LogP contribution in [0.4, 0.5) is 18.9 Å². The number of aromatic nitrogens is 2. The highest BCUT2D eigenvalue weighted by Gasteiger charge is 2.35. The van der Waals surface area contributed by atoms with Gasteiger partial charge >= 0.3 is 6.18 Å². The maximum Gasteiger partial charge on any atom is 0.449 e. The maximum absolute atomic E-state index is 12.7. The van der Waals surface area contributed by atoms with Crippen molar-refractivity contribution in [1.29, 1.82) is 0 Å². The summed E-state index contributed by atoms with van der Waals surface area (Å²) in [5.41, 5.74) is 0.258. The number of anilines is 1. The number of fused-ring (bicyclic) bond motifs is 1. The van der Waals surface area contributed by atoms with Crippen molar-refractivity contribution in [3.63, 3.8) is 0 Å². The van der Waals surface area contributed by atoms with E-state index in [4.69, 9.17) is 0 Å². The van der Waals surface area contributed by atoms with Crippen LogP contribution in [-0.2, 0) is 16.2 Å². The number of benzene rings is 1. The van der Waals surface area contributed by atoms with Crippen molar-refractivity contribution in [3.8, 4) is 0 Å². The standard InChI is InChI=1S/C13H15F3N4O3S/c1-7(19-21)8(2)24(22,23)20(3)9-4-5-10-11(6-9)18-12(17-10)13(14,15)16/h4-8H,1-3H3,(H,17,18)/t7?,8-/m0/s1. The van der Waals surface area contributed by atoms with E-state index in [9.17, 15) is 26.5 Å². The average Bonchev–Trinajstić information content (AvgIpc) is 2.95. The molecule has 0 aliphatic carbocycles. The normalized spacial score (nSPS) is 15.2. The van der Waals surface area contributed by atoms with Crippen LogP contribution in [0, 0.1) is 4.91 Å². The molecule has 0 bridgehead atoms. The smallest absolute Gasteiger partial charge is 0.334 e. The maximum atomic E-state index is 12.7. The quantitative estimate of drug-likeness (QED) is 0.825. The molecule has 2 aromatic rings. The number of imidazole rings is 1. The number of hydrogen-bond donors (Lipinski definition) is 1. The first kappa shape index (κ1) is 18.2. The first-order valence-electron chi connectivity index (χ1n) is 6.85. The van der Waals surface area contributed by atoms with E-state index < -0.39 is 33.3 Å². The van der Waals surface area contributed by atoms with E-state index in [1.54, 1.807) is 0 Å². The summed E-state index contributed by atoms with van der Waals surface area (Å²) in [7, 11) is -2.66. The van der Waals surface area contributed by atoms with Crippen molar-refractivity contribution in [2.45, 2.75) is 31.3 Å². The van der Waals surface area contributed by atoms with Gasteiger partial charge in [0.1, 0.15) is 11.3 Å². The van der Waals surface area contributed by atoms with Crippen LogP contribution in [0.25, 0.3) is 11.0 Å². The van der Waals surface area contributed by atoms with Crippen LogP contribution in [0.15, 0.2) is 23.4 Å². The molecule has 0 aliphatic rings. The molecule has 24 heavy (non-hydrogen) atoms. The number of nitroso groups, excluding NO2 is 1. The van der Waals surface area contributed by atoms with E-state index in [1.807, 2.05) is 0 Å². The first-order valence-corrected chi connectivity index (χ1v) is 8.36. The van der Waals surface area contributed by atoms with Crippen molar-refractivity contribution in [3.05, 3.63) is 28.9 Å². The second-order valence-electron chi connectivity index (χ2n) is 5.35. The topological polar surface area (TPSA) is 95.5 Å². The van der Waals surface area contributed by atoms with Gasteiger partial charge in [0.05, 0.1) is 16.7 Å². The molecule has 0 amide bonds. The monoisotopic (exact) mass is 364 g/mol. The van der Waals surface area contributed by atoms with Gasteiger partial charge in [0.2, 0.25) is 15.8 Å². The number of alkyl halides is 3. The fraction of sp³-hybridized carbons (Fsp3) is 0.462. The Labute approximate surface area is 135 Å². The predicted octanol–water partition coefficient (Wildman–Crippen LogP) is 2.89. The Morgan fingerprint density at radius 3 is 2.46 bits per heavy atom. The molecule has 2 atom stereocenters. The molecule has 0 radical (unpaired) electrons. The van der Waals surface area contributed by atoms with Gasteiger partial charge in [0.25, 0.3) is 0 Å². The number of hydrogen-bond acceptors (Lipinski definition) is 5. The molecule has 0 aliphatic heterocycles. The number of halogens is 3. The Morgan fingerprint density at radius 2 is 1.92 bits per heavy atom. The average molecular weight is 364 g/mol. The van der Waals surface area contributed by atoms with Crippen LogP contribution in [0.1, 0.15) is 19.7 Å². The molecule has 1 heterocycles. The SMILES string of the molecule is CC(N=O)[C@H](C)S(=O)(=O)N(C)c1ccc2nc(C(F)(F)F)[nH]c2c1. The highest BCUT2D eigenvalue weighted by atomic mass is 32.2. The number of nitrogens with zero attached hydrogens (tertiary/aromatic N) is 3. The molecule has 1 aromatic heterocycles. The van der Waals surface area contributed by atoms with Crippen LogP contribution in [0.2, 0.25) is 0 Å². The summed E-state index contributed by atoms with van der Waals surface area (Å²) < 4.78 is 63.8. The summed E-state index contributed by atoms with van der Waals surface area (Å²) in [5.74, 6) is -1.16. The number of sulfonamides is 1. The highest BCUT2D eigenvalue weighted by molar-refractivity contribution is 7.93. The molecule has 132 valence electrons. The van der Waals surface area contributed by atoms with Gasteiger partial charge < -0.3 is 4.98 Å². The van der Waals surface area contributed by atoms with Crippen molar-refractivity contribution < 1.29 is 21.6 Å². The molecule has 0 spiro atoms. The summed E-state index contributed by atoms with van der Waals surface area (Å²) in [4.78, 5) is 16.1. The number of H-pyrrole nitrogens is 1. The molecule has 0 saturated heterocycles. The minimum absolute atomic E-state index is 0.0519. The summed E-state index contributed by atoms with van der Waals surface area (Å²) in [6.45, 7) is 2.71. The number of nitrogens with one attached hydrogen (secondary N) is 1. The summed E-state index contributed by atoms with van der Waals surface area (Å²) in [6, 6.07) is 2.91. The molecular weight excluding hydrogens is 349 g/mol. The van der Waals surface area contributed by atoms with Gasteiger partial charge in [-0.1, -0.05) is 5.18 Å². The molecule has 1 aromatic carbocycles. The van der Waals surface area contributed by atoms with E-state index in [-0.39, 0.29) is 16.7 Å². The highest BCUT2D eigenvalue weighted by Crippen LogP contribution is 2.30. The summed E-state index contributed by atoms with van der Waals surface area (Å²) in [6.07, 6.45) is -4.63. The minimum atomic E-state index is -4.63. The minimum Gasteiger partial charge on any atom is -0.334 e. The largest absolute Gasteiger partial charge is 0.449 e. The molecular formula is C13H15F3N4O3S. The van der Waals surface area contributed by atoms with Gasteiger partial charge in [-0.05, 0) is 32.0 Å². The zero-order chi connectivity index (χ0) is 18.3. The molecule has 1 unspecified atom stereocenters. The van der Waals surface area contributed by atoms with Gasteiger partial charge in [-0.15, -0.1) is 0 Å². The lowest BCUT2D eigenvalue weighted by Crippen LogP contribution is -2.39. The van der Waals surface area contributed by atoms with Crippen LogP contribution < -0.4 is 4.31 Å². The zero-order valence-electron chi connectivity index (χ0n) is 13.0. The van der Waals surface area contributed by atoms with Gasteiger partial charge in [0.15, 0.2) is 0 Å². The molecule has 1 N–H and O–H groups in total. The van der Waals surface area contributed by atoms with E-state index >= 15 is 0 Å². The van der Waals surface area contributed by atoms with Gasteiger partial charge in [-0.2, -0.15) is 18.1 Å². The molecule has 2 rings (SSSR count). The zero-order valence-corrected chi connectivity index (χ0v) is 13.8. The fourth-order valence-electron chi connectivity index (χ4n) is 2.06. The predicted molar refractivity (Wildman–Crippen MR) is 83.1 cm³/mol. The Hall–Kier alpha value is -2.17. The van der Waals surface area contributed by atoms with E-state index in [0.29, 0.717) is 0 Å². The molecule has 0 fully saturated rings. The van der Waals surface area contributed by atoms with Crippen molar-refractivity contribution in [2.75, 3.05) is 11.4 Å². The van der Waals surface area contributed by atoms with Gasteiger partial charge in [-0.25, -0.2) is 13.4 Å². The van der Waals surface area contributed by atoms with Crippen molar-refractivity contribution in [2.24, 2.45) is 5.18 Å². The lowest BCUT2D eigenvalue weighted by Gasteiger charge is -2.24. The van der Waals surface area contributed by atoms with Crippen molar-refractivity contribution >= 4 is 26.7 Å². The Kier molecular flexibility index (Phi) is 4.57. The summed E-state index contributed by atoms with van der Waals surface area (Å²) in [5, 5.41) is 1.63. The Morgan fingerprint density at radius 1 is 1.29 bits per heavy atom. The third-order valence-corrected chi connectivity index (χ3v) is 6.10. The molecule has 0 saturated carbocycles. The summed E-state index contributed by atoms with van der Waals surface area (Å²) >= 11 is 0.